The molecule has 0 aliphatic carbocycles. The fourth-order valence-electron chi connectivity index (χ4n) is 9.21. The molecule has 0 aromatic heterocycles. The molecule has 67 heavy (non-hydrogen) atoms. The van der Waals surface area contributed by atoms with E-state index in [0.717, 1.165) is 64.2 Å². The van der Waals surface area contributed by atoms with E-state index >= 15 is 0 Å². The van der Waals surface area contributed by atoms with E-state index in [2.05, 4.69) is 32.9 Å². The van der Waals surface area contributed by atoms with Crippen molar-refractivity contribution < 1.29 is 28.6 Å². The molecular formula is C61H116O6. The highest BCUT2D eigenvalue weighted by Gasteiger charge is 2.19. The normalized spacial score (nSPS) is 12.0. The fraction of sp³-hybridized carbons (Fsp3) is 0.918. The first-order valence-corrected chi connectivity index (χ1v) is 30.2. The van der Waals surface area contributed by atoms with E-state index in [1.807, 2.05) is 0 Å². The number of esters is 3. The van der Waals surface area contributed by atoms with Crippen LogP contribution in [0.1, 0.15) is 342 Å². The van der Waals surface area contributed by atoms with Crippen molar-refractivity contribution in [2.75, 3.05) is 13.2 Å². The molecule has 396 valence electrons. The monoisotopic (exact) mass is 945 g/mol. The van der Waals surface area contributed by atoms with Gasteiger partial charge in [0, 0.05) is 19.3 Å². The first-order chi connectivity index (χ1) is 33.0. The largest absolute Gasteiger partial charge is 0.462 e. The molecule has 0 aliphatic heterocycles. The fourth-order valence-corrected chi connectivity index (χ4v) is 9.21. The van der Waals surface area contributed by atoms with Gasteiger partial charge in [-0.25, -0.2) is 0 Å². The molecule has 0 bridgehead atoms. The molecule has 0 N–H and O–H groups in total. The Labute approximate surface area is 418 Å². The van der Waals surface area contributed by atoms with Crippen LogP contribution >= 0.6 is 0 Å². The van der Waals surface area contributed by atoms with E-state index in [9.17, 15) is 14.4 Å². The lowest BCUT2D eigenvalue weighted by Crippen LogP contribution is -2.30. The summed E-state index contributed by atoms with van der Waals surface area (Å²) in [4.78, 5) is 37.8. The number of carbonyl (C=O) groups is 3. The second-order valence-corrected chi connectivity index (χ2v) is 20.6. The Balaban J connectivity index is 3.88. The molecule has 0 aromatic carbocycles. The minimum absolute atomic E-state index is 0.0690. The summed E-state index contributed by atoms with van der Waals surface area (Å²) in [5.41, 5.74) is 0. The molecule has 1 unspecified atom stereocenters. The summed E-state index contributed by atoms with van der Waals surface area (Å²) in [5.74, 6) is -0.871. The Hall–Kier alpha value is -1.85. The Morgan fingerprint density at radius 2 is 0.493 bits per heavy atom. The van der Waals surface area contributed by atoms with Crippen LogP contribution in [0.15, 0.2) is 12.2 Å². The molecule has 0 heterocycles. The number of allylic oxidation sites excluding steroid dienone is 2. The average molecular weight is 946 g/mol. The van der Waals surface area contributed by atoms with Gasteiger partial charge in [0.2, 0.25) is 0 Å². The summed E-state index contributed by atoms with van der Waals surface area (Å²) in [6, 6.07) is 0. The predicted molar refractivity (Wildman–Crippen MR) is 289 cm³/mol. The maximum atomic E-state index is 12.7. The molecule has 0 spiro atoms. The second kappa shape index (κ2) is 56.7. The molecule has 0 radical (unpaired) electrons. The molecule has 6 nitrogen and oxygen atoms in total. The molecule has 0 aromatic rings. The van der Waals surface area contributed by atoms with Gasteiger partial charge in [0.15, 0.2) is 6.10 Å². The van der Waals surface area contributed by atoms with Crippen molar-refractivity contribution in [1.82, 2.24) is 0 Å². The molecule has 6 heteroatoms. The van der Waals surface area contributed by atoms with E-state index < -0.39 is 6.10 Å². The lowest BCUT2D eigenvalue weighted by atomic mass is 10.0. The van der Waals surface area contributed by atoms with Crippen LogP contribution in [0.4, 0.5) is 0 Å². The molecule has 0 saturated heterocycles. The van der Waals surface area contributed by atoms with Crippen LogP contribution in [0.5, 0.6) is 0 Å². The Kier molecular flexibility index (Phi) is 55.2. The van der Waals surface area contributed by atoms with E-state index in [4.69, 9.17) is 14.2 Å². The number of unbranched alkanes of at least 4 members (excludes halogenated alkanes) is 43. The zero-order valence-electron chi connectivity index (χ0n) is 45.5. The van der Waals surface area contributed by atoms with Crippen LogP contribution < -0.4 is 0 Å². The number of hydrogen-bond acceptors (Lipinski definition) is 6. The first kappa shape index (κ1) is 65.1. The molecule has 0 fully saturated rings. The zero-order valence-corrected chi connectivity index (χ0v) is 45.5. The molecule has 0 rings (SSSR count). The highest BCUT2D eigenvalue weighted by Crippen LogP contribution is 2.18. The van der Waals surface area contributed by atoms with Crippen molar-refractivity contribution in [3.63, 3.8) is 0 Å². The maximum absolute atomic E-state index is 12.7. The average Bonchev–Trinajstić information content (AvgIpc) is 3.33. The Bertz CT molecular complexity index is 1040. The van der Waals surface area contributed by atoms with Crippen molar-refractivity contribution in [3.05, 3.63) is 12.2 Å². The van der Waals surface area contributed by atoms with Gasteiger partial charge in [-0.05, 0) is 44.9 Å². The van der Waals surface area contributed by atoms with E-state index in [0.29, 0.717) is 19.3 Å². The molecule has 0 amide bonds. The van der Waals surface area contributed by atoms with Gasteiger partial charge in [-0.15, -0.1) is 0 Å². The third-order valence-electron chi connectivity index (χ3n) is 13.8. The van der Waals surface area contributed by atoms with Gasteiger partial charge in [0.1, 0.15) is 13.2 Å². The molecule has 1 atom stereocenters. The Morgan fingerprint density at radius 3 is 0.776 bits per heavy atom. The van der Waals surface area contributed by atoms with Crippen LogP contribution in [0.25, 0.3) is 0 Å². The van der Waals surface area contributed by atoms with E-state index in [-0.39, 0.29) is 31.1 Å². The van der Waals surface area contributed by atoms with Gasteiger partial charge < -0.3 is 14.2 Å². The number of carbonyl (C=O) groups excluding carboxylic acids is 3. The van der Waals surface area contributed by atoms with Crippen LogP contribution in [0.3, 0.4) is 0 Å². The van der Waals surface area contributed by atoms with Crippen molar-refractivity contribution in [2.24, 2.45) is 0 Å². The minimum Gasteiger partial charge on any atom is -0.462 e. The van der Waals surface area contributed by atoms with Gasteiger partial charge in [-0.2, -0.15) is 0 Å². The number of hydrogen-bond donors (Lipinski definition) is 0. The van der Waals surface area contributed by atoms with Crippen LogP contribution in [0, 0.1) is 0 Å². The molecule has 0 aliphatic rings. The number of ether oxygens (including phenoxy) is 3. The third-order valence-corrected chi connectivity index (χ3v) is 13.8. The second-order valence-electron chi connectivity index (χ2n) is 20.6. The zero-order chi connectivity index (χ0) is 48.6. The molecule has 0 saturated carbocycles. The highest BCUT2D eigenvalue weighted by atomic mass is 16.6. The maximum Gasteiger partial charge on any atom is 0.306 e. The van der Waals surface area contributed by atoms with Gasteiger partial charge in [-0.1, -0.05) is 290 Å². The first-order valence-electron chi connectivity index (χ1n) is 30.2. The van der Waals surface area contributed by atoms with E-state index in [1.54, 1.807) is 0 Å². The third kappa shape index (κ3) is 55.0. The van der Waals surface area contributed by atoms with Crippen molar-refractivity contribution in [3.8, 4) is 0 Å². The minimum atomic E-state index is -0.766. The lowest BCUT2D eigenvalue weighted by molar-refractivity contribution is -0.167. The summed E-state index contributed by atoms with van der Waals surface area (Å²) in [7, 11) is 0. The van der Waals surface area contributed by atoms with Gasteiger partial charge in [-0.3, -0.25) is 14.4 Å². The Morgan fingerprint density at radius 1 is 0.284 bits per heavy atom. The smallest absolute Gasteiger partial charge is 0.306 e. The quantitative estimate of drug-likeness (QED) is 0.0262. The van der Waals surface area contributed by atoms with E-state index in [1.165, 1.54) is 238 Å². The molecular weight excluding hydrogens is 829 g/mol. The van der Waals surface area contributed by atoms with Gasteiger partial charge in [0.25, 0.3) is 0 Å². The standard InChI is InChI=1S/C61H116O6/c1-4-7-10-13-16-18-20-22-23-24-25-26-27-28-29-30-31-32-33-34-35-36-37-38-39-40-42-43-45-48-51-54-60(63)66-57-58(56-65-59(62)53-50-47-15-12-9-6-3)67-61(64)55-52-49-46-44-41-21-19-17-14-11-8-5-2/h17,19,58H,4-16,18,20-57H2,1-3H3/b19-17-. The summed E-state index contributed by atoms with van der Waals surface area (Å²) >= 11 is 0. The summed E-state index contributed by atoms with van der Waals surface area (Å²) in [6.07, 6.45) is 65.6. The lowest BCUT2D eigenvalue weighted by Gasteiger charge is -2.18. The highest BCUT2D eigenvalue weighted by molar-refractivity contribution is 5.71. The van der Waals surface area contributed by atoms with Crippen molar-refractivity contribution >= 4 is 17.9 Å². The SMILES string of the molecule is CCCCC/C=C\CCCCCCCC(=O)OC(COC(=O)CCCCCCCC)COC(=O)CCCCCCCCCCCCCCCCCCCCCCCCCCCCCCCCC. The van der Waals surface area contributed by atoms with Crippen LogP contribution in [-0.2, 0) is 28.6 Å². The summed E-state index contributed by atoms with van der Waals surface area (Å²) in [6.45, 7) is 6.59. The number of rotatable bonds is 56. The topological polar surface area (TPSA) is 78.9 Å². The van der Waals surface area contributed by atoms with Gasteiger partial charge >= 0.3 is 17.9 Å². The summed E-state index contributed by atoms with van der Waals surface area (Å²) < 4.78 is 16.7. The van der Waals surface area contributed by atoms with Crippen molar-refractivity contribution in [1.29, 1.82) is 0 Å². The van der Waals surface area contributed by atoms with Crippen molar-refractivity contribution in [2.45, 2.75) is 348 Å². The van der Waals surface area contributed by atoms with Crippen LogP contribution in [-0.4, -0.2) is 37.2 Å². The van der Waals surface area contributed by atoms with Gasteiger partial charge in [0.05, 0.1) is 0 Å². The summed E-state index contributed by atoms with van der Waals surface area (Å²) in [5, 5.41) is 0. The van der Waals surface area contributed by atoms with Crippen LogP contribution in [0.2, 0.25) is 0 Å². The predicted octanol–water partition coefficient (Wildman–Crippen LogP) is 20.1.